The van der Waals surface area contributed by atoms with Gasteiger partial charge in [0.05, 0.1) is 0 Å². The van der Waals surface area contributed by atoms with Crippen LogP contribution in [-0.2, 0) is 0 Å². The number of aromatic nitrogens is 1. The van der Waals surface area contributed by atoms with Crippen LogP contribution in [0.1, 0.15) is 75.2 Å². The van der Waals surface area contributed by atoms with E-state index in [2.05, 4.69) is 17.2 Å². The van der Waals surface area contributed by atoms with E-state index in [-0.39, 0.29) is 5.91 Å². The highest BCUT2D eigenvalue weighted by Gasteiger charge is 2.27. The van der Waals surface area contributed by atoms with E-state index in [0.717, 1.165) is 31.5 Å². The van der Waals surface area contributed by atoms with Gasteiger partial charge in [-0.15, -0.1) is 0 Å². The molecule has 1 amide bonds. The van der Waals surface area contributed by atoms with Crippen molar-refractivity contribution in [3.8, 4) is 0 Å². The molecule has 126 valence electrons. The van der Waals surface area contributed by atoms with Crippen molar-refractivity contribution in [1.29, 1.82) is 0 Å². The molecule has 2 fully saturated rings. The van der Waals surface area contributed by atoms with E-state index in [1.54, 1.807) is 6.20 Å². The summed E-state index contributed by atoms with van der Waals surface area (Å²) in [4.78, 5) is 19.2. The van der Waals surface area contributed by atoms with E-state index in [1.807, 2.05) is 17.0 Å². The van der Waals surface area contributed by atoms with Crippen molar-refractivity contribution in [2.75, 3.05) is 11.9 Å². The van der Waals surface area contributed by atoms with Crippen LogP contribution in [0.2, 0.25) is 0 Å². The molecule has 0 radical (unpaired) electrons. The third-order valence-electron chi connectivity index (χ3n) is 5.31. The number of pyridine rings is 1. The molecule has 1 unspecified atom stereocenters. The molecule has 3 rings (SSSR count). The minimum atomic E-state index is 0.101. The Bertz CT molecular complexity index is 525. The summed E-state index contributed by atoms with van der Waals surface area (Å²) >= 11 is 0. The van der Waals surface area contributed by atoms with Gasteiger partial charge in [0.2, 0.25) is 0 Å². The molecule has 2 heterocycles. The summed E-state index contributed by atoms with van der Waals surface area (Å²) in [5.74, 6) is 0.101. The lowest BCUT2D eigenvalue weighted by atomic mass is 9.95. The normalized spacial score (nSPS) is 22.8. The quantitative estimate of drug-likeness (QED) is 0.904. The van der Waals surface area contributed by atoms with Crippen LogP contribution < -0.4 is 5.32 Å². The maximum atomic E-state index is 12.8. The van der Waals surface area contributed by atoms with E-state index in [1.165, 1.54) is 38.5 Å². The van der Waals surface area contributed by atoms with Crippen LogP contribution in [0.5, 0.6) is 0 Å². The Kier molecular flexibility index (Phi) is 5.52. The number of piperidine rings is 1. The molecule has 0 spiro atoms. The molecule has 0 bridgehead atoms. The molecule has 23 heavy (non-hydrogen) atoms. The highest BCUT2D eigenvalue weighted by atomic mass is 16.2. The first kappa shape index (κ1) is 16.3. The largest absolute Gasteiger partial charge is 0.382 e. The van der Waals surface area contributed by atoms with Crippen LogP contribution in [0.25, 0.3) is 0 Å². The Hall–Kier alpha value is -1.58. The van der Waals surface area contributed by atoms with Crippen molar-refractivity contribution < 1.29 is 4.79 Å². The Morgan fingerprint density at radius 3 is 2.78 bits per heavy atom. The van der Waals surface area contributed by atoms with Crippen LogP contribution in [0.15, 0.2) is 18.3 Å². The van der Waals surface area contributed by atoms with Gasteiger partial charge >= 0.3 is 0 Å². The van der Waals surface area contributed by atoms with Crippen molar-refractivity contribution in [2.24, 2.45) is 0 Å². The van der Waals surface area contributed by atoms with Gasteiger partial charge in [0.25, 0.3) is 5.91 Å². The maximum Gasteiger partial charge on any atom is 0.272 e. The van der Waals surface area contributed by atoms with E-state index in [0.29, 0.717) is 17.8 Å². The van der Waals surface area contributed by atoms with E-state index in [9.17, 15) is 4.79 Å². The van der Waals surface area contributed by atoms with Crippen molar-refractivity contribution in [3.63, 3.8) is 0 Å². The fourth-order valence-electron chi connectivity index (χ4n) is 3.96. The SMILES string of the molecule is CCC1CCCCN1C(=O)c1cc(NC2CCCCC2)ccn1. The third-order valence-corrected chi connectivity index (χ3v) is 5.31. The Balaban J connectivity index is 1.69. The fourth-order valence-corrected chi connectivity index (χ4v) is 3.96. The molecule has 1 atom stereocenters. The van der Waals surface area contributed by atoms with Gasteiger partial charge in [0.1, 0.15) is 5.69 Å². The average Bonchev–Trinajstić information content (AvgIpc) is 2.62. The molecule has 1 saturated carbocycles. The topological polar surface area (TPSA) is 45.2 Å². The summed E-state index contributed by atoms with van der Waals surface area (Å²) in [5, 5.41) is 3.59. The fraction of sp³-hybridized carbons (Fsp3) is 0.684. The minimum Gasteiger partial charge on any atom is -0.382 e. The van der Waals surface area contributed by atoms with Crippen LogP contribution in [-0.4, -0.2) is 34.4 Å². The molecule has 1 aliphatic carbocycles. The number of nitrogens with zero attached hydrogens (tertiary/aromatic N) is 2. The van der Waals surface area contributed by atoms with Gasteiger partial charge in [-0.3, -0.25) is 9.78 Å². The van der Waals surface area contributed by atoms with Crippen LogP contribution in [0, 0.1) is 0 Å². The van der Waals surface area contributed by atoms with Gasteiger partial charge in [-0.25, -0.2) is 0 Å². The first-order valence-electron chi connectivity index (χ1n) is 9.31. The van der Waals surface area contributed by atoms with Crippen LogP contribution >= 0.6 is 0 Å². The number of carbonyl (C=O) groups excluding carboxylic acids is 1. The average molecular weight is 315 g/mol. The number of nitrogens with one attached hydrogen (secondary N) is 1. The predicted molar refractivity (Wildman–Crippen MR) is 93.7 cm³/mol. The monoisotopic (exact) mass is 315 g/mol. The zero-order valence-electron chi connectivity index (χ0n) is 14.3. The number of carbonyl (C=O) groups is 1. The summed E-state index contributed by atoms with van der Waals surface area (Å²) in [7, 11) is 0. The lowest BCUT2D eigenvalue weighted by Gasteiger charge is -2.35. The lowest BCUT2D eigenvalue weighted by molar-refractivity contribution is 0.0602. The van der Waals surface area contributed by atoms with Gasteiger partial charge in [-0.2, -0.15) is 0 Å². The molecule has 1 saturated heterocycles. The zero-order valence-corrected chi connectivity index (χ0v) is 14.3. The van der Waals surface area contributed by atoms with Crippen molar-refractivity contribution in [3.05, 3.63) is 24.0 Å². The molecule has 4 heteroatoms. The molecule has 1 aromatic heterocycles. The third kappa shape index (κ3) is 4.04. The second-order valence-electron chi connectivity index (χ2n) is 6.97. The predicted octanol–water partition coefficient (Wildman–Crippen LogP) is 4.23. The Labute approximate surface area is 139 Å². The number of amides is 1. The van der Waals surface area contributed by atoms with Gasteiger partial charge in [-0.05, 0) is 50.7 Å². The summed E-state index contributed by atoms with van der Waals surface area (Å²) in [6, 6.07) is 4.86. The molecule has 1 aromatic rings. The summed E-state index contributed by atoms with van der Waals surface area (Å²) in [6.07, 6.45) is 12.7. The minimum absolute atomic E-state index is 0.101. The number of rotatable bonds is 4. The van der Waals surface area contributed by atoms with Gasteiger partial charge in [-0.1, -0.05) is 26.2 Å². The molecule has 4 nitrogen and oxygen atoms in total. The summed E-state index contributed by atoms with van der Waals surface area (Å²) < 4.78 is 0. The molecule has 1 N–H and O–H groups in total. The van der Waals surface area contributed by atoms with Crippen molar-refractivity contribution in [1.82, 2.24) is 9.88 Å². The molecular weight excluding hydrogens is 286 g/mol. The van der Waals surface area contributed by atoms with Gasteiger partial charge in [0, 0.05) is 30.5 Å². The Morgan fingerprint density at radius 1 is 1.22 bits per heavy atom. The number of anilines is 1. The summed E-state index contributed by atoms with van der Waals surface area (Å²) in [6.45, 7) is 3.05. The van der Waals surface area contributed by atoms with Gasteiger partial charge in [0.15, 0.2) is 0 Å². The maximum absolute atomic E-state index is 12.8. The van der Waals surface area contributed by atoms with E-state index >= 15 is 0 Å². The molecule has 1 aliphatic heterocycles. The standard InChI is InChI=1S/C19H29N3O/c1-2-17-10-6-7-13-22(17)19(23)18-14-16(11-12-20-18)21-15-8-4-3-5-9-15/h11-12,14-15,17H,2-10,13H2,1H3,(H,20,21). The zero-order chi connectivity index (χ0) is 16.1. The second-order valence-corrected chi connectivity index (χ2v) is 6.97. The number of hydrogen-bond acceptors (Lipinski definition) is 3. The van der Waals surface area contributed by atoms with Gasteiger partial charge < -0.3 is 10.2 Å². The lowest BCUT2D eigenvalue weighted by Crippen LogP contribution is -2.43. The molecule has 0 aromatic carbocycles. The Morgan fingerprint density at radius 2 is 2.00 bits per heavy atom. The van der Waals surface area contributed by atoms with E-state index in [4.69, 9.17) is 0 Å². The molecular formula is C19H29N3O. The van der Waals surface area contributed by atoms with Crippen LogP contribution in [0.3, 0.4) is 0 Å². The number of likely N-dealkylation sites (tertiary alicyclic amines) is 1. The van der Waals surface area contributed by atoms with Crippen molar-refractivity contribution >= 4 is 11.6 Å². The van der Waals surface area contributed by atoms with Crippen molar-refractivity contribution in [2.45, 2.75) is 76.8 Å². The second kappa shape index (κ2) is 7.80. The van der Waals surface area contributed by atoms with Crippen LogP contribution in [0.4, 0.5) is 5.69 Å². The summed E-state index contributed by atoms with van der Waals surface area (Å²) in [5.41, 5.74) is 1.63. The van der Waals surface area contributed by atoms with E-state index < -0.39 is 0 Å². The number of hydrogen-bond donors (Lipinski definition) is 1. The highest BCUT2D eigenvalue weighted by molar-refractivity contribution is 5.93. The smallest absolute Gasteiger partial charge is 0.272 e. The first-order chi connectivity index (χ1) is 11.3. The first-order valence-corrected chi connectivity index (χ1v) is 9.31. The highest BCUT2D eigenvalue weighted by Crippen LogP contribution is 2.24. The molecule has 2 aliphatic rings.